The molecule has 0 heterocycles. The summed E-state index contributed by atoms with van der Waals surface area (Å²) in [6.45, 7) is 6.12. The molecule has 2 aromatic carbocycles. The Morgan fingerprint density at radius 3 is 2.78 bits per heavy atom. The van der Waals surface area contributed by atoms with Gasteiger partial charge in [-0.15, -0.1) is 0 Å². The van der Waals surface area contributed by atoms with Crippen LogP contribution in [-0.4, -0.2) is 6.10 Å². The Morgan fingerprint density at radius 1 is 1.17 bits per heavy atom. The minimum Gasteiger partial charge on any atom is -0.498 e. The Morgan fingerprint density at radius 2 is 2.00 bits per heavy atom. The summed E-state index contributed by atoms with van der Waals surface area (Å²) in [7, 11) is 0. The van der Waals surface area contributed by atoms with Crippen molar-refractivity contribution >= 4 is 10.8 Å². The van der Waals surface area contributed by atoms with E-state index in [-0.39, 0.29) is 5.41 Å². The second kappa shape index (κ2) is 5.70. The van der Waals surface area contributed by atoms with Gasteiger partial charge < -0.3 is 4.74 Å². The summed E-state index contributed by atoms with van der Waals surface area (Å²) in [5, 5.41) is 2.80. The predicted molar refractivity (Wildman–Crippen MR) is 96.4 cm³/mol. The molecule has 2 bridgehead atoms. The lowest BCUT2D eigenvalue weighted by atomic mass is 9.64. The van der Waals surface area contributed by atoms with Crippen LogP contribution in [0.2, 0.25) is 0 Å². The zero-order valence-corrected chi connectivity index (χ0v) is 14.0. The monoisotopic (exact) mass is 306 g/mol. The lowest BCUT2D eigenvalue weighted by Gasteiger charge is -2.42. The van der Waals surface area contributed by atoms with E-state index in [4.69, 9.17) is 4.74 Å². The van der Waals surface area contributed by atoms with E-state index in [0.29, 0.717) is 12.0 Å². The van der Waals surface area contributed by atoms with E-state index in [2.05, 4.69) is 56.0 Å². The van der Waals surface area contributed by atoms with Crippen LogP contribution in [0.25, 0.3) is 10.8 Å². The lowest BCUT2D eigenvalue weighted by molar-refractivity contribution is 0.0446. The number of hydrogen-bond donors (Lipinski definition) is 0. The number of benzene rings is 2. The first-order valence-electron chi connectivity index (χ1n) is 9.03. The molecule has 0 radical (unpaired) electrons. The van der Waals surface area contributed by atoms with Crippen molar-refractivity contribution in [2.75, 3.05) is 0 Å². The first-order chi connectivity index (χ1) is 11.3. The van der Waals surface area contributed by atoms with Crippen LogP contribution in [0.3, 0.4) is 0 Å². The van der Waals surface area contributed by atoms with Crippen LogP contribution < -0.4 is 0 Å². The molecule has 4 atom stereocenters. The van der Waals surface area contributed by atoms with Gasteiger partial charge in [0.25, 0.3) is 0 Å². The maximum atomic E-state index is 5.94. The molecule has 1 nitrogen and oxygen atoms in total. The predicted octanol–water partition coefficient (Wildman–Crippen LogP) is 5.84. The standard InChI is InChI=1S/C22H26O/c1-3-12-22(15-16-13-20(22)21(14-16)23-4-2)19-11-7-9-17-8-5-6-10-18(17)19/h4-11,16,20-21H,2-3,12-15H2,1H3. The summed E-state index contributed by atoms with van der Waals surface area (Å²) in [5.41, 5.74) is 1.84. The van der Waals surface area contributed by atoms with Gasteiger partial charge >= 0.3 is 0 Å². The molecule has 120 valence electrons. The van der Waals surface area contributed by atoms with Crippen molar-refractivity contribution in [1.29, 1.82) is 0 Å². The third kappa shape index (κ3) is 2.21. The zero-order chi connectivity index (χ0) is 15.9. The van der Waals surface area contributed by atoms with Gasteiger partial charge in [0, 0.05) is 11.3 Å². The van der Waals surface area contributed by atoms with Crippen molar-refractivity contribution in [2.24, 2.45) is 11.8 Å². The Balaban J connectivity index is 1.86. The highest BCUT2D eigenvalue weighted by Gasteiger charge is 2.56. The van der Waals surface area contributed by atoms with Gasteiger partial charge in [-0.25, -0.2) is 0 Å². The largest absolute Gasteiger partial charge is 0.498 e. The molecule has 2 aliphatic rings. The quantitative estimate of drug-likeness (QED) is 0.631. The zero-order valence-electron chi connectivity index (χ0n) is 14.0. The molecule has 2 aromatic rings. The molecule has 1 heteroatoms. The molecule has 2 aliphatic carbocycles. The van der Waals surface area contributed by atoms with Crippen LogP contribution in [0.1, 0.15) is 44.6 Å². The van der Waals surface area contributed by atoms with E-state index >= 15 is 0 Å². The topological polar surface area (TPSA) is 9.23 Å². The van der Waals surface area contributed by atoms with Gasteiger partial charge in [0.05, 0.1) is 6.26 Å². The average Bonchev–Trinajstić information content (AvgIpc) is 3.13. The number of ether oxygens (including phenoxy) is 1. The van der Waals surface area contributed by atoms with Crippen molar-refractivity contribution in [2.45, 2.75) is 50.5 Å². The first kappa shape index (κ1) is 14.8. The molecule has 0 aromatic heterocycles. The Bertz CT molecular complexity index is 713. The fourth-order valence-corrected chi connectivity index (χ4v) is 5.63. The molecule has 0 amide bonds. The number of hydrogen-bond acceptors (Lipinski definition) is 1. The van der Waals surface area contributed by atoms with Crippen LogP contribution in [0, 0.1) is 11.8 Å². The normalized spacial score (nSPS) is 32.3. The molecular formula is C22H26O. The smallest absolute Gasteiger partial charge is 0.102 e. The summed E-state index contributed by atoms with van der Waals surface area (Å²) in [6.07, 6.45) is 8.37. The van der Waals surface area contributed by atoms with E-state index in [9.17, 15) is 0 Å². The van der Waals surface area contributed by atoms with Crippen molar-refractivity contribution in [1.82, 2.24) is 0 Å². The molecule has 0 aliphatic heterocycles. The summed E-state index contributed by atoms with van der Waals surface area (Å²) in [5.74, 6) is 1.45. The highest BCUT2D eigenvalue weighted by atomic mass is 16.5. The molecule has 4 unspecified atom stereocenters. The Kier molecular flexibility index (Phi) is 3.67. The summed E-state index contributed by atoms with van der Waals surface area (Å²) < 4.78 is 5.94. The van der Waals surface area contributed by atoms with E-state index in [0.717, 1.165) is 5.92 Å². The third-order valence-corrected chi connectivity index (χ3v) is 6.26. The third-order valence-electron chi connectivity index (χ3n) is 6.26. The summed E-state index contributed by atoms with van der Waals surface area (Å²) in [4.78, 5) is 0. The molecule has 0 saturated heterocycles. The average molecular weight is 306 g/mol. The molecule has 2 saturated carbocycles. The number of rotatable bonds is 5. The summed E-state index contributed by atoms with van der Waals surface area (Å²) in [6, 6.07) is 15.7. The highest BCUT2D eigenvalue weighted by molar-refractivity contribution is 5.86. The van der Waals surface area contributed by atoms with Gasteiger partial charge in [0.15, 0.2) is 0 Å². The molecule has 2 fully saturated rings. The van der Waals surface area contributed by atoms with E-state index < -0.39 is 0 Å². The Hall–Kier alpha value is -1.76. The SMILES string of the molecule is C=COC1CC2CC1C(CCC)(c1cccc3ccccc13)C2. The minimum atomic E-state index is 0.284. The lowest BCUT2D eigenvalue weighted by Crippen LogP contribution is -2.40. The van der Waals surface area contributed by atoms with Gasteiger partial charge in [-0.3, -0.25) is 0 Å². The molecular weight excluding hydrogens is 280 g/mol. The van der Waals surface area contributed by atoms with Gasteiger partial charge in [0.2, 0.25) is 0 Å². The summed E-state index contributed by atoms with van der Waals surface area (Å²) >= 11 is 0. The fraction of sp³-hybridized carbons (Fsp3) is 0.455. The van der Waals surface area contributed by atoms with Crippen molar-refractivity contribution < 1.29 is 4.74 Å². The van der Waals surface area contributed by atoms with Gasteiger partial charge in [-0.05, 0) is 47.9 Å². The fourth-order valence-electron chi connectivity index (χ4n) is 5.63. The van der Waals surface area contributed by atoms with Gasteiger partial charge in [0.1, 0.15) is 6.10 Å². The maximum absolute atomic E-state index is 5.94. The number of fused-ring (bicyclic) bond motifs is 3. The van der Waals surface area contributed by atoms with Crippen LogP contribution in [0.15, 0.2) is 55.3 Å². The van der Waals surface area contributed by atoms with Crippen molar-refractivity contribution in [3.05, 3.63) is 60.9 Å². The molecule has 0 spiro atoms. The maximum Gasteiger partial charge on any atom is 0.102 e. The molecule has 4 rings (SSSR count). The van der Waals surface area contributed by atoms with E-state index in [1.54, 1.807) is 11.8 Å². The van der Waals surface area contributed by atoms with Crippen LogP contribution >= 0.6 is 0 Å². The highest BCUT2D eigenvalue weighted by Crippen LogP contribution is 2.60. The van der Waals surface area contributed by atoms with E-state index in [1.807, 2.05) is 0 Å². The second-order valence-corrected chi connectivity index (χ2v) is 7.42. The van der Waals surface area contributed by atoms with Crippen LogP contribution in [0.5, 0.6) is 0 Å². The first-order valence-corrected chi connectivity index (χ1v) is 9.03. The minimum absolute atomic E-state index is 0.284. The Labute approximate surface area is 139 Å². The second-order valence-electron chi connectivity index (χ2n) is 7.42. The van der Waals surface area contributed by atoms with E-state index in [1.165, 1.54) is 42.9 Å². The molecule has 0 N–H and O–H groups in total. The van der Waals surface area contributed by atoms with Gasteiger partial charge in [-0.1, -0.05) is 62.4 Å². The molecule has 23 heavy (non-hydrogen) atoms. The van der Waals surface area contributed by atoms with Crippen LogP contribution in [0.4, 0.5) is 0 Å². The van der Waals surface area contributed by atoms with Gasteiger partial charge in [-0.2, -0.15) is 0 Å². The van der Waals surface area contributed by atoms with Crippen LogP contribution in [-0.2, 0) is 10.2 Å². The van der Waals surface area contributed by atoms with Crippen molar-refractivity contribution in [3.63, 3.8) is 0 Å². The van der Waals surface area contributed by atoms with Crippen molar-refractivity contribution in [3.8, 4) is 0 Å².